The molecule has 38 heavy (non-hydrogen) atoms. The largest absolute Gasteiger partial charge is 0.460 e. The lowest BCUT2D eigenvalue weighted by Gasteiger charge is -2.67. The van der Waals surface area contributed by atoms with Crippen LogP contribution in [-0.4, -0.2) is 121 Å². The van der Waals surface area contributed by atoms with Crippen LogP contribution in [0.25, 0.3) is 0 Å². The van der Waals surface area contributed by atoms with Crippen LogP contribution in [0, 0.1) is 28.6 Å². The summed E-state index contributed by atoms with van der Waals surface area (Å²) in [5.74, 6) is 1.59. The maximum Gasteiger partial charge on any atom is 0.302 e. The van der Waals surface area contributed by atoms with Gasteiger partial charge >= 0.3 is 5.97 Å². The molecule has 6 fully saturated rings. The SMILES string of the molecule is CC(=O)OC1C(N2CCN(C)CC2)C[C@H]2[C@@H]3CC(N4CCN(C)CC4)C4(O)CCCC[C@]4(C)[C@@H]3CC[C@]12C. The van der Waals surface area contributed by atoms with Crippen LogP contribution in [0.5, 0.6) is 0 Å². The molecule has 216 valence electrons. The summed E-state index contributed by atoms with van der Waals surface area (Å²) in [6.45, 7) is 15.2. The van der Waals surface area contributed by atoms with Crippen molar-refractivity contribution < 1.29 is 14.6 Å². The highest BCUT2D eigenvalue weighted by molar-refractivity contribution is 5.66. The van der Waals surface area contributed by atoms with Gasteiger partial charge in [-0.15, -0.1) is 0 Å². The number of aliphatic hydroxyl groups is 1. The van der Waals surface area contributed by atoms with Crippen molar-refractivity contribution in [3.63, 3.8) is 0 Å². The molecule has 2 heterocycles. The molecule has 0 aromatic rings. The summed E-state index contributed by atoms with van der Waals surface area (Å²) in [7, 11) is 4.44. The fourth-order valence-corrected chi connectivity index (χ4v) is 10.7. The summed E-state index contributed by atoms with van der Waals surface area (Å²) >= 11 is 0. The summed E-state index contributed by atoms with van der Waals surface area (Å²) in [6, 6.07) is 0.573. The molecule has 1 N–H and O–H groups in total. The van der Waals surface area contributed by atoms with Gasteiger partial charge in [0.15, 0.2) is 0 Å². The molecule has 0 amide bonds. The molecule has 4 unspecified atom stereocenters. The normalized spacial score (nSPS) is 49.2. The predicted molar refractivity (Wildman–Crippen MR) is 150 cm³/mol. The minimum absolute atomic E-state index is 0.0172. The lowest BCUT2D eigenvalue weighted by molar-refractivity contribution is -0.242. The Morgan fingerprint density at radius 2 is 1.42 bits per heavy atom. The second-order valence-corrected chi connectivity index (χ2v) is 14.7. The van der Waals surface area contributed by atoms with Crippen molar-refractivity contribution in [1.82, 2.24) is 19.6 Å². The smallest absolute Gasteiger partial charge is 0.302 e. The third-order valence-electron chi connectivity index (χ3n) is 13.0. The number of ether oxygens (including phenoxy) is 1. The van der Waals surface area contributed by atoms with Gasteiger partial charge in [-0.3, -0.25) is 14.6 Å². The van der Waals surface area contributed by atoms with Gasteiger partial charge in [-0.05, 0) is 70.4 Å². The molecule has 0 spiro atoms. The molecule has 2 aliphatic heterocycles. The fourth-order valence-electron chi connectivity index (χ4n) is 10.7. The molecule has 6 rings (SSSR count). The molecule has 9 atom stereocenters. The molecule has 0 aromatic heterocycles. The predicted octanol–water partition coefficient (Wildman–Crippen LogP) is 2.92. The molecule has 0 aromatic carbocycles. The van der Waals surface area contributed by atoms with Crippen LogP contribution in [0.3, 0.4) is 0 Å². The maximum atomic E-state index is 12.7. The van der Waals surface area contributed by atoms with Gasteiger partial charge in [0, 0.05) is 82.2 Å². The first-order chi connectivity index (χ1) is 18.1. The van der Waals surface area contributed by atoms with E-state index in [0.717, 1.165) is 90.9 Å². The molecule has 4 saturated carbocycles. The Bertz CT molecular complexity index is 886. The van der Waals surface area contributed by atoms with E-state index in [1.54, 1.807) is 6.92 Å². The third-order valence-corrected chi connectivity index (χ3v) is 13.0. The molecule has 6 aliphatic rings. The number of nitrogens with zero attached hydrogens (tertiary/aromatic N) is 4. The van der Waals surface area contributed by atoms with Crippen molar-refractivity contribution in [1.29, 1.82) is 0 Å². The number of rotatable bonds is 3. The summed E-state index contributed by atoms with van der Waals surface area (Å²) in [5, 5.41) is 12.7. The van der Waals surface area contributed by atoms with E-state index >= 15 is 0 Å². The van der Waals surface area contributed by atoms with Crippen molar-refractivity contribution >= 4 is 5.97 Å². The van der Waals surface area contributed by atoms with Crippen LogP contribution in [-0.2, 0) is 9.53 Å². The Morgan fingerprint density at radius 3 is 2.05 bits per heavy atom. The number of piperazine rings is 2. The second-order valence-electron chi connectivity index (χ2n) is 14.7. The van der Waals surface area contributed by atoms with Crippen LogP contribution >= 0.6 is 0 Å². The summed E-state index contributed by atoms with van der Waals surface area (Å²) in [4.78, 5) is 22.7. The Morgan fingerprint density at radius 1 is 0.816 bits per heavy atom. The Labute approximate surface area is 231 Å². The quantitative estimate of drug-likeness (QED) is 0.563. The van der Waals surface area contributed by atoms with E-state index in [0.29, 0.717) is 23.8 Å². The van der Waals surface area contributed by atoms with E-state index in [-0.39, 0.29) is 28.9 Å². The first-order valence-electron chi connectivity index (χ1n) is 15.8. The van der Waals surface area contributed by atoms with Gasteiger partial charge in [-0.2, -0.15) is 0 Å². The minimum atomic E-state index is -0.583. The number of hydrogen-bond donors (Lipinski definition) is 1. The zero-order valence-corrected chi connectivity index (χ0v) is 24.8. The maximum absolute atomic E-state index is 12.7. The average Bonchev–Trinajstić information content (AvgIpc) is 3.17. The Balaban J connectivity index is 1.35. The lowest BCUT2D eigenvalue weighted by Crippen LogP contribution is -2.71. The Kier molecular flexibility index (Phi) is 7.20. The van der Waals surface area contributed by atoms with Crippen molar-refractivity contribution in [2.24, 2.45) is 28.6 Å². The second kappa shape index (κ2) is 9.97. The number of carbonyl (C=O) groups is 1. The van der Waals surface area contributed by atoms with Crippen LogP contribution in [0.15, 0.2) is 0 Å². The van der Waals surface area contributed by atoms with Crippen molar-refractivity contribution in [2.75, 3.05) is 66.5 Å². The van der Waals surface area contributed by atoms with E-state index in [1.165, 1.54) is 12.8 Å². The van der Waals surface area contributed by atoms with Crippen molar-refractivity contribution in [3.8, 4) is 0 Å². The molecule has 4 aliphatic carbocycles. The zero-order chi connectivity index (χ0) is 26.9. The number of fused-ring (bicyclic) bond motifs is 5. The first kappa shape index (κ1) is 27.4. The number of carbonyl (C=O) groups excluding carboxylic acids is 1. The van der Waals surface area contributed by atoms with E-state index < -0.39 is 5.60 Å². The summed E-state index contributed by atoms with van der Waals surface area (Å²) in [5.41, 5.74) is -0.582. The molecule has 0 bridgehead atoms. The van der Waals surface area contributed by atoms with Crippen LogP contribution in [0.2, 0.25) is 0 Å². The third kappa shape index (κ3) is 4.20. The van der Waals surface area contributed by atoms with Gasteiger partial charge in [0.25, 0.3) is 0 Å². The molecular weight excluding hydrogens is 476 g/mol. The molecular formula is C31H54N4O3. The number of esters is 1. The highest BCUT2D eigenvalue weighted by Crippen LogP contribution is 2.68. The summed E-state index contributed by atoms with van der Waals surface area (Å²) < 4.78 is 6.30. The number of likely N-dealkylation sites (N-methyl/N-ethyl adjacent to an activating group) is 2. The molecule has 2 saturated heterocycles. The van der Waals surface area contributed by atoms with Crippen LogP contribution < -0.4 is 0 Å². The summed E-state index contributed by atoms with van der Waals surface area (Å²) in [6.07, 6.45) is 9.06. The zero-order valence-electron chi connectivity index (χ0n) is 24.8. The topological polar surface area (TPSA) is 59.5 Å². The molecule has 0 radical (unpaired) electrons. The highest BCUT2D eigenvalue weighted by atomic mass is 16.5. The van der Waals surface area contributed by atoms with Gasteiger partial charge in [-0.25, -0.2) is 0 Å². The van der Waals surface area contributed by atoms with Crippen molar-refractivity contribution in [2.45, 2.75) is 95.9 Å². The standard InChI is InChI=1S/C31H54N4O3/c1-22(36)38-28-26(34-16-12-32(4)13-17-34)21-25-23-20-27(35-18-14-33(5)15-19-35)31(37)10-7-6-9-30(31,3)24(23)8-11-29(25,28)2/h23-28,37H,6-21H2,1-5H3/t23-,24-,25+,26?,27?,28?,29+,30-,31?/m1/s1. The van der Waals surface area contributed by atoms with Gasteiger partial charge in [0.1, 0.15) is 6.10 Å². The van der Waals surface area contributed by atoms with Gasteiger partial charge in [0.2, 0.25) is 0 Å². The van der Waals surface area contributed by atoms with E-state index in [9.17, 15) is 9.90 Å². The average molecular weight is 531 g/mol. The van der Waals surface area contributed by atoms with Crippen molar-refractivity contribution in [3.05, 3.63) is 0 Å². The first-order valence-corrected chi connectivity index (χ1v) is 15.8. The molecule has 7 heteroatoms. The van der Waals surface area contributed by atoms with E-state index in [1.807, 2.05) is 0 Å². The molecule has 7 nitrogen and oxygen atoms in total. The monoisotopic (exact) mass is 530 g/mol. The van der Waals surface area contributed by atoms with E-state index in [2.05, 4.69) is 47.5 Å². The highest BCUT2D eigenvalue weighted by Gasteiger charge is 2.69. The van der Waals surface area contributed by atoms with Crippen LogP contribution in [0.4, 0.5) is 0 Å². The van der Waals surface area contributed by atoms with E-state index in [4.69, 9.17) is 4.74 Å². The minimum Gasteiger partial charge on any atom is -0.460 e. The fraction of sp³-hybridized carbons (Fsp3) is 0.968. The van der Waals surface area contributed by atoms with Gasteiger partial charge in [-0.1, -0.05) is 26.7 Å². The number of hydrogen-bond acceptors (Lipinski definition) is 7. The van der Waals surface area contributed by atoms with Gasteiger partial charge < -0.3 is 19.6 Å². The lowest BCUT2D eigenvalue weighted by atomic mass is 9.42. The Hall–Kier alpha value is -0.730. The van der Waals surface area contributed by atoms with Gasteiger partial charge in [0.05, 0.1) is 5.60 Å². The van der Waals surface area contributed by atoms with Crippen LogP contribution in [0.1, 0.15) is 72.1 Å².